The molecule has 1 aromatic rings. The van der Waals surface area contributed by atoms with Gasteiger partial charge in [0, 0.05) is 6.54 Å². The highest BCUT2D eigenvalue weighted by atomic mass is 16.5. The third kappa shape index (κ3) is 3.92. The van der Waals surface area contributed by atoms with E-state index in [0.717, 1.165) is 12.3 Å². The molecular weight excluding hydrogens is 186 g/mol. The molecule has 1 unspecified atom stereocenters. The SMILES string of the molecule is CNCC(Oc1cccc(C)c1)C(C)C. The summed E-state index contributed by atoms with van der Waals surface area (Å²) >= 11 is 0. The highest BCUT2D eigenvalue weighted by Crippen LogP contribution is 2.16. The Balaban J connectivity index is 2.65. The van der Waals surface area contributed by atoms with Gasteiger partial charge in [0.1, 0.15) is 11.9 Å². The van der Waals surface area contributed by atoms with Gasteiger partial charge in [-0.2, -0.15) is 0 Å². The van der Waals surface area contributed by atoms with Crippen LogP contribution in [-0.2, 0) is 0 Å². The molecule has 1 N–H and O–H groups in total. The van der Waals surface area contributed by atoms with Gasteiger partial charge in [-0.1, -0.05) is 26.0 Å². The van der Waals surface area contributed by atoms with E-state index >= 15 is 0 Å². The van der Waals surface area contributed by atoms with Crippen LogP contribution in [0.3, 0.4) is 0 Å². The van der Waals surface area contributed by atoms with Crippen molar-refractivity contribution in [1.82, 2.24) is 5.32 Å². The van der Waals surface area contributed by atoms with Gasteiger partial charge in [-0.15, -0.1) is 0 Å². The molecule has 2 nitrogen and oxygen atoms in total. The first kappa shape index (κ1) is 12.1. The fourth-order valence-electron chi connectivity index (χ4n) is 1.48. The monoisotopic (exact) mass is 207 g/mol. The molecule has 0 saturated carbocycles. The van der Waals surface area contributed by atoms with Crippen LogP contribution in [0.2, 0.25) is 0 Å². The molecule has 0 aliphatic rings. The number of nitrogens with one attached hydrogen (secondary N) is 1. The summed E-state index contributed by atoms with van der Waals surface area (Å²) in [6.07, 6.45) is 0.233. The highest BCUT2D eigenvalue weighted by molar-refractivity contribution is 5.27. The number of rotatable bonds is 5. The first-order valence-electron chi connectivity index (χ1n) is 5.51. The van der Waals surface area contributed by atoms with Crippen LogP contribution < -0.4 is 10.1 Å². The molecule has 1 aromatic carbocycles. The lowest BCUT2D eigenvalue weighted by Crippen LogP contribution is -2.33. The Kier molecular flexibility index (Phi) is 4.63. The van der Waals surface area contributed by atoms with Gasteiger partial charge in [-0.25, -0.2) is 0 Å². The van der Waals surface area contributed by atoms with Gasteiger partial charge in [-0.3, -0.25) is 0 Å². The van der Waals surface area contributed by atoms with Crippen LogP contribution in [-0.4, -0.2) is 19.7 Å². The lowest BCUT2D eigenvalue weighted by molar-refractivity contribution is 0.151. The minimum Gasteiger partial charge on any atom is -0.489 e. The summed E-state index contributed by atoms with van der Waals surface area (Å²) in [6.45, 7) is 7.32. The van der Waals surface area contributed by atoms with Crippen LogP contribution in [0, 0.1) is 12.8 Å². The van der Waals surface area contributed by atoms with Crippen molar-refractivity contribution >= 4 is 0 Å². The standard InChI is InChI=1S/C13H21NO/c1-10(2)13(9-14-4)15-12-7-5-6-11(3)8-12/h5-8,10,13-14H,9H2,1-4H3. The Morgan fingerprint density at radius 1 is 1.33 bits per heavy atom. The number of likely N-dealkylation sites (N-methyl/N-ethyl adjacent to an activating group) is 1. The lowest BCUT2D eigenvalue weighted by Gasteiger charge is -2.22. The van der Waals surface area contributed by atoms with Crippen LogP contribution in [0.4, 0.5) is 0 Å². The fourth-order valence-corrected chi connectivity index (χ4v) is 1.48. The Hall–Kier alpha value is -1.02. The molecule has 0 aliphatic heterocycles. The molecule has 0 aromatic heterocycles. The zero-order valence-electron chi connectivity index (χ0n) is 10.1. The lowest BCUT2D eigenvalue weighted by atomic mass is 10.1. The zero-order chi connectivity index (χ0) is 11.3. The third-order valence-corrected chi connectivity index (χ3v) is 2.43. The molecule has 0 saturated heterocycles. The second-order valence-corrected chi connectivity index (χ2v) is 4.27. The number of hydrogen-bond donors (Lipinski definition) is 1. The van der Waals surface area contributed by atoms with E-state index in [1.807, 2.05) is 19.2 Å². The van der Waals surface area contributed by atoms with Crippen molar-refractivity contribution in [3.8, 4) is 5.75 Å². The van der Waals surface area contributed by atoms with Gasteiger partial charge in [0.05, 0.1) is 0 Å². The minimum atomic E-state index is 0.233. The van der Waals surface area contributed by atoms with E-state index in [2.05, 4.69) is 38.2 Å². The normalized spacial score (nSPS) is 12.9. The van der Waals surface area contributed by atoms with Crippen LogP contribution in [0.1, 0.15) is 19.4 Å². The van der Waals surface area contributed by atoms with E-state index in [-0.39, 0.29) is 6.10 Å². The Morgan fingerprint density at radius 2 is 2.07 bits per heavy atom. The fraction of sp³-hybridized carbons (Fsp3) is 0.538. The second-order valence-electron chi connectivity index (χ2n) is 4.27. The number of benzene rings is 1. The van der Waals surface area contributed by atoms with Crippen LogP contribution >= 0.6 is 0 Å². The summed E-state index contributed by atoms with van der Waals surface area (Å²) < 4.78 is 5.93. The molecule has 0 spiro atoms. The Morgan fingerprint density at radius 3 is 2.60 bits per heavy atom. The van der Waals surface area contributed by atoms with Gasteiger partial charge in [-0.05, 0) is 37.6 Å². The van der Waals surface area contributed by atoms with Crippen molar-refractivity contribution in [1.29, 1.82) is 0 Å². The van der Waals surface area contributed by atoms with Crippen molar-refractivity contribution in [2.24, 2.45) is 5.92 Å². The molecule has 15 heavy (non-hydrogen) atoms. The Bertz CT molecular complexity index is 296. The highest BCUT2D eigenvalue weighted by Gasteiger charge is 2.13. The maximum absolute atomic E-state index is 5.93. The average Bonchev–Trinajstić information content (AvgIpc) is 2.17. The largest absolute Gasteiger partial charge is 0.489 e. The average molecular weight is 207 g/mol. The topological polar surface area (TPSA) is 21.3 Å². The minimum absolute atomic E-state index is 0.233. The molecule has 0 aliphatic carbocycles. The maximum atomic E-state index is 5.93. The van der Waals surface area contributed by atoms with Crippen molar-refractivity contribution < 1.29 is 4.74 Å². The van der Waals surface area contributed by atoms with Gasteiger partial charge in [0.15, 0.2) is 0 Å². The number of aryl methyl sites for hydroxylation is 1. The smallest absolute Gasteiger partial charge is 0.120 e. The summed E-state index contributed by atoms with van der Waals surface area (Å²) in [5.41, 5.74) is 1.24. The molecule has 0 amide bonds. The van der Waals surface area contributed by atoms with Crippen molar-refractivity contribution in [2.75, 3.05) is 13.6 Å². The van der Waals surface area contributed by atoms with E-state index in [0.29, 0.717) is 5.92 Å². The van der Waals surface area contributed by atoms with Crippen LogP contribution in [0.15, 0.2) is 24.3 Å². The molecule has 2 heteroatoms. The summed E-state index contributed by atoms with van der Waals surface area (Å²) in [4.78, 5) is 0. The second kappa shape index (κ2) is 5.76. The van der Waals surface area contributed by atoms with E-state index in [1.54, 1.807) is 0 Å². The number of hydrogen-bond acceptors (Lipinski definition) is 2. The predicted molar refractivity (Wildman–Crippen MR) is 64.4 cm³/mol. The van der Waals surface area contributed by atoms with Gasteiger partial charge >= 0.3 is 0 Å². The van der Waals surface area contributed by atoms with Crippen molar-refractivity contribution in [3.63, 3.8) is 0 Å². The molecule has 84 valence electrons. The molecule has 1 atom stereocenters. The Labute approximate surface area is 92.6 Å². The zero-order valence-corrected chi connectivity index (χ0v) is 10.1. The molecular formula is C13H21NO. The first-order chi connectivity index (χ1) is 7.13. The van der Waals surface area contributed by atoms with E-state index in [9.17, 15) is 0 Å². The summed E-state index contributed by atoms with van der Waals surface area (Å²) in [7, 11) is 1.95. The summed E-state index contributed by atoms with van der Waals surface area (Å²) in [6, 6.07) is 8.19. The molecule has 0 bridgehead atoms. The molecule has 0 radical (unpaired) electrons. The quantitative estimate of drug-likeness (QED) is 0.801. The van der Waals surface area contributed by atoms with Crippen LogP contribution in [0.5, 0.6) is 5.75 Å². The first-order valence-corrected chi connectivity index (χ1v) is 5.51. The summed E-state index contributed by atoms with van der Waals surface area (Å²) in [5.74, 6) is 1.47. The van der Waals surface area contributed by atoms with Gasteiger partial charge in [0.25, 0.3) is 0 Å². The maximum Gasteiger partial charge on any atom is 0.120 e. The summed E-state index contributed by atoms with van der Waals surface area (Å²) in [5, 5.41) is 3.16. The van der Waals surface area contributed by atoms with Gasteiger partial charge < -0.3 is 10.1 Å². The van der Waals surface area contributed by atoms with Gasteiger partial charge in [0.2, 0.25) is 0 Å². The predicted octanol–water partition coefficient (Wildman–Crippen LogP) is 2.62. The third-order valence-electron chi connectivity index (χ3n) is 2.43. The van der Waals surface area contributed by atoms with E-state index in [4.69, 9.17) is 4.74 Å². The number of ether oxygens (including phenoxy) is 1. The van der Waals surface area contributed by atoms with E-state index < -0.39 is 0 Å². The molecule has 0 heterocycles. The van der Waals surface area contributed by atoms with E-state index in [1.165, 1.54) is 5.56 Å². The van der Waals surface area contributed by atoms with Crippen LogP contribution in [0.25, 0.3) is 0 Å². The molecule has 1 rings (SSSR count). The molecule has 0 fully saturated rings. The van der Waals surface area contributed by atoms with Crippen molar-refractivity contribution in [3.05, 3.63) is 29.8 Å². The van der Waals surface area contributed by atoms with Crippen molar-refractivity contribution in [2.45, 2.75) is 26.9 Å².